The van der Waals surface area contributed by atoms with E-state index in [1.165, 1.54) is 0 Å². The summed E-state index contributed by atoms with van der Waals surface area (Å²) in [4.78, 5) is 12.0. The van der Waals surface area contributed by atoms with Crippen molar-refractivity contribution in [2.45, 2.75) is 32.9 Å². The van der Waals surface area contributed by atoms with Gasteiger partial charge in [0.05, 0.1) is 12.6 Å². The highest BCUT2D eigenvalue weighted by Crippen LogP contribution is 2.14. The lowest BCUT2D eigenvalue weighted by Gasteiger charge is -2.18. The Morgan fingerprint density at radius 1 is 1.38 bits per heavy atom. The van der Waals surface area contributed by atoms with E-state index in [2.05, 4.69) is 10.6 Å². The normalized spacial score (nSPS) is 13.5. The Kier molecular flexibility index (Phi) is 7.79. The van der Waals surface area contributed by atoms with Crippen molar-refractivity contribution in [2.24, 2.45) is 11.7 Å². The molecule has 0 fully saturated rings. The van der Waals surface area contributed by atoms with Crippen molar-refractivity contribution in [1.82, 2.24) is 5.32 Å². The molecule has 5 nitrogen and oxygen atoms in total. The Hall–Kier alpha value is -1.59. The summed E-state index contributed by atoms with van der Waals surface area (Å²) in [7, 11) is 1.67. The average molecular weight is 293 g/mol. The van der Waals surface area contributed by atoms with Crippen LogP contribution in [0.1, 0.15) is 25.8 Å². The van der Waals surface area contributed by atoms with Gasteiger partial charge in [-0.3, -0.25) is 4.79 Å². The van der Waals surface area contributed by atoms with Gasteiger partial charge in [-0.05, 0) is 17.5 Å². The molecule has 1 aromatic carbocycles. The minimum atomic E-state index is -0.455. The number of methoxy groups -OCH3 is 1. The lowest BCUT2D eigenvalue weighted by Crippen LogP contribution is -2.44. The summed E-state index contributed by atoms with van der Waals surface area (Å²) in [5, 5.41) is 6.20. The van der Waals surface area contributed by atoms with Crippen LogP contribution in [0, 0.1) is 5.92 Å². The second-order valence-corrected chi connectivity index (χ2v) is 5.21. The van der Waals surface area contributed by atoms with Crippen LogP contribution in [0.2, 0.25) is 0 Å². The SMILES string of the molecule is CCC(C)C(N)C(=O)NCc1ccccc1NCCOC. The average Bonchev–Trinajstić information content (AvgIpc) is 2.52. The molecule has 0 saturated carbocycles. The molecule has 0 radical (unpaired) electrons. The molecule has 5 heteroatoms. The van der Waals surface area contributed by atoms with Gasteiger partial charge < -0.3 is 21.1 Å². The number of para-hydroxylation sites is 1. The third kappa shape index (κ3) is 5.73. The van der Waals surface area contributed by atoms with Gasteiger partial charge in [-0.1, -0.05) is 38.5 Å². The largest absolute Gasteiger partial charge is 0.383 e. The fourth-order valence-electron chi connectivity index (χ4n) is 1.95. The number of nitrogens with two attached hydrogens (primary N) is 1. The molecule has 0 saturated heterocycles. The van der Waals surface area contributed by atoms with E-state index in [1.807, 2.05) is 38.1 Å². The topological polar surface area (TPSA) is 76.4 Å². The molecule has 0 bridgehead atoms. The zero-order valence-electron chi connectivity index (χ0n) is 13.2. The van der Waals surface area contributed by atoms with Crippen LogP contribution in [-0.4, -0.2) is 32.2 Å². The van der Waals surface area contributed by atoms with Crippen molar-refractivity contribution < 1.29 is 9.53 Å². The highest BCUT2D eigenvalue weighted by atomic mass is 16.5. The van der Waals surface area contributed by atoms with Gasteiger partial charge in [-0.15, -0.1) is 0 Å². The maximum atomic E-state index is 12.0. The van der Waals surface area contributed by atoms with Crippen molar-refractivity contribution in [3.8, 4) is 0 Å². The molecule has 2 unspecified atom stereocenters. The van der Waals surface area contributed by atoms with E-state index in [9.17, 15) is 4.79 Å². The van der Waals surface area contributed by atoms with E-state index in [1.54, 1.807) is 7.11 Å². The van der Waals surface area contributed by atoms with E-state index in [-0.39, 0.29) is 11.8 Å². The van der Waals surface area contributed by atoms with Crippen LogP contribution in [0.25, 0.3) is 0 Å². The minimum Gasteiger partial charge on any atom is -0.383 e. The molecule has 1 rings (SSSR count). The summed E-state index contributed by atoms with van der Waals surface area (Å²) in [6.45, 7) is 5.86. The molecule has 0 aliphatic heterocycles. The summed E-state index contributed by atoms with van der Waals surface area (Å²) < 4.78 is 5.02. The number of amides is 1. The number of carbonyl (C=O) groups is 1. The maximum Gasteiger partial charge on any atom is 0.237 e. The lowest BCUT2D eigenvalue weighted by molar-refractivity contribution is -0.123. The predicted molar refractivity (Wildman–Crippen MR) is 86.1 cm³/mol. The van der Waals surface area contributed by atoms with Crippen molar-refractivity contribution in [3.05, 3.63) is 29.8 Å². The zero-order chi connectivity index (χ0) is 15.7. The number of nitrogens with one attached hydrogen (secondary N) is 2. The van der Waals surface area contributed by atoms with Crippen LogP contribution in [0.3, 0.4) is 0 Å². The number of rotatable bonds is 9. The van der Waals surface area contributed by atoms with E-state index < -0.39 is 6.04 Å². The summed E-state index contributed by atoms with van der Waals surface area (Å²) in [5.41, 5.74) is 7.97. The Morgan fingerprint density at radius 2 is 2.10 bits per heavy atom. The van der Waals surface area contributed by atoms with Crippen LogP contribution in [0.5, 0.6) is 0 Å². The van der Waals surface area contributed by atoms with Crippen molar-refractivity contribution in [1.29, 1.82) is 0 Å². The third-order valence-corrected chi connectivity index (χ3v) is 3.65. The monoisotopic (exact) mass is 293 g/mol. The number of benzene rings is 1. The van der Waals surface area contributed by atoms with Gasteiger partial charge in [-0.2, -0.15) is 0 Å². The summed E-state index contributed by atoms with van der Waals surface area (Å²) in [6, 6.07) is 7.45. The molecule has 4 N–H and O–H groups in total. The zero-order valence-corrected chi connectivity index (χ0v) is 13.2. The molecule has 118 valence electrons. The quantitative estimate of drug-likeness (QED) is 0.606. The van der Waals surface area contributed by atoms with Gasteiger partial charge >= 0.3 is 0 Å². The smallest absolute Gasteiger partial charge is 0.237 e. The number of hydrogen-bond acceptors (Lipinski definition) is 4. The highest BCUT2D eigenvalue weighted by molar-refractivity contribution is 5.81. The van der Waals surface area contributed by atoms with Gasteiger partial charge in [-0.25, -0.2) is 0 Å². The van der Waals surface area contributed by atoms with Crippen LogP contribution < -0.4 is 16.4 Å². The number of hydrogen-bond donors (Lipinski definition) is 3. The highest BCUT2D eigenvalue weighted by Gasteiger charge is 2.19. The van der Waals surface area contributed by atoms with Gasteiger partial charge in [0.2, 0.25) is 5.91 Å². The molecular weight excluding hydrogens is 266 g/mol. The lowest BCUT2D eigenvalue weighted by atomic mass is 9.99. The first kappa shape index (κ1) is 17.5. The predicted octanol–water partition coefficient (Wildman–Crippen LogP) is 1.73. The molecule has 0 aliphatic carbocycles. The molecule has 0 aromatic heterocycles. The number of carbonyl (C=O) groups excluding carboxylic acids is 1. The third-order valence-electron chi connectivity index (χ3n) is 3.65. The van der Waals surface area contributed by atoms with Crippen LogP contribution in [0.4, 0.5) is 5.69 Å². The Bertz CT molecular complexity index is 437. The van der Waals surface area contributed by atoms with Crippen molar-refractivity contribution in [2.75, 3.05) is 25.6 Å². The van der Waals surface area contributed by atoms with Gasteiger partial charge in [0.1, 0.15) is 0 Å². The Morgan fingerprint density at radius 3 is 2.76 bits per heavy atom. The fraction of sp³-hybridized carbons (Fsp3) is 0.562. The maximum absolute atomic E-state index is 12.0. The van der Waals surface area contributed by atoms with Crippen LogP contribution in [-0.2, 0) is 16.1 Å². The first-order chi connectivity index (χ1) is 10.1. The molecular formula is C16H27N3O2. The first-order valence-corrected chi connectivity index (χ1v) is 7.44. The standard InChI is InChI=1S/C16H27N3O2/c1-4-12(2)15(17)16(20)19-11-13-7-5-6-8-14(13)18-9-10-21-3/h5-8,12,15,18H,4,9-11,17H2,1-3H3,(H,19,20). The number of ether oxygens (including phenoxy) is 1. The summed E-state index contributed by atoms with van der Waals surface area (Å²) in [6.07, 6.45) is 0.893. The van der Waals surface area contributed by atoms with Crippen LogP contribution in [0.15, 0.2) is 24.3 Å². The van der Waals surface area contributed by atoms with Gasteiger partial charge in [0.25, 0.3) is 0 Å². The molecule has 0 heterocycles. The van der Waals surface area contributed by atoms with Crippen molar-refractivity contribution >= 4 is 11.6 Å². The Labute approximate surface area is 127 Å². The first-order valence-electron chi connectivity index (χ1n) is 7.44. The van der Waals surface area contributed by atoms with Crippen LogP contribution >= 0.6 is 0 Å². The van der Waals surface area contributed by atoms with E-state index in [0.717, 1.165) is 24.2 Å². The van der Waals surface area contributed by atoms with Crippen molar-refractivity contribution in [3.63, 3.8) is 0 Å². The van der Waals surface area contributed by atoms with Gasteiger partial charge in [0.15, 0.2) is 0 Å². The minimum absolute atomic E-state index is 0.101. The molecule has 2 atom stereocenters. The summed E-state index contributed by atoms with van der Waals surface area (Å²) in [5.74, 6) is 0.0797. The fourth-order valence-corrected chi connectivity index (χ4v) is 1.95. The second-order valence-electron chi connectivity index (χ2n) is 5.21. The number of anilines is 1. The van der Waals surface area contributed by atoms with E-state index in [0.29, 0.717) is 13.2 Å². The second kappa shape index (κ2) is 9.37. The van der Waals surface area contributed by atoms with E-state index >= 15 is 0 Å². The molecule has 1 amide bonds. The van der Waals surface area contributed by atoms with Gasteiger partial charge in [0, 0.05) is 25.9 Å². The Balaban J connectivity index is 2.56. The molecule has 0 spiro atoms. The molecule has 21 heavy (non-hydrogen) atoms. The van der Waals surface area contributed by atoms with E-state index in [4.69, 9.17) is 10.5 Å². The summed E-state index contributed by atoms with van der Waals surface area (Å²) >= 11 is 0. The molecule has 1 aromatic rings. The molecule has 0 aliphatic rings.